The topological polar surface area (TPSA) is 58.4 Å². The summed E-state index contributed by atoms with van der Waals surface area (Å²) in [5.41, 5.74) is 7.63. The van der Waals surface area contributed by atoms with Gasteiger partial charge in [0.25, 0.3) is 5.91 Å². The lowest BCUT2D eigenvalue weighted by atomic mass is 9.96. The van der Waals surface area contributed by atoms with E-state index in [1.807, 2.05) is 6.07 Å². The minimum absolute atomic E-state index is 0.226. The molecule has 2 saturated heterocycles. The highest BCUT2D eigenvalue weighted by Crippen LogP contribution is 2.38. The highest BCUT2D eigenvalue weighted by Gasteiger charge is 2.40. The van der Waals surface area contributed by atoms with E-state index in [0.717, 1.165) is 19.4 Å². The first-order chi connectivity index (χ1) is 12.6. The minimum atomic E-state index is -0.600. The summed E-state index contributed by atoms with van der Waals surface area (Å²) >= 11 is 0. The molecule has 3 N–H and O–H groups in total. The van der Waals surface area contributed by atoms with Crippen LogP contribution in [-0.2, 0) is 6.54 Å². The average Bonchev–Trinajstić information content (AvgIpc) is 2.86. The molecule has 0 radical (unpaired) electrons. The first-order valence-corrected chi connectivity index (χ1v) is 9.25. The van der Waals surface area contributed by atoms with E-state index in [9.17, 15) is 9.18 Å². The molecule has 1 amide bonds. The number of carbonyl (C=O) groups is 1. The van der Waals surface area contributed by atoms with Crippen molar-refractivity contribution >= 4 is 11.6 Å². The van der Waals surface area contributed by atoms with Crippen molar-refractivity contribution in [2.45, 2.75) is 50.4 Å². The van der Waals surface area contributed by atoms with Gasteiger partial charge < -0.3 is 11.1 Å². The summed E-state index contributed by atoms with van der Waals surface area (Å²) in [5, 5.41) is 3.45. The molecule has 26 heavy (non-hydrogen) atoms. The zero-order chi connectivity index (χ0) is 18.1. The molecule has 2 fully saturated rings. The summed E-state index contributed by atoms with van der Waals surface area (Å²) in [6.07, 6.45) is 4.47. The molecular weight excluding hydrogens is 329 g/mol. The van der Waals surface area contributed by atoms with Gasteiger partial charge in [-0.25, -0.2) is 4.39 Å². The fraction of sp³-hybridized carbons (Fsp3) is 0.381. The lowest BCUT2D eigenvalue weighted by Gasteiger charge is -2.39. The molecule has 0 aromatic heterocycles. The highest BCUT2D eigenvalue weighted by molar-refractivity contribution is 5.98. The molecule has 2 aromatic carbocycles. The molecule has 0 aliphatic carbocycles. The van der Waals surface area contributed by atoms with E-state index >= 15 is 0 Å². The van der Waals surface area contributed by atoms with E-state index in [1.54, 1.807) is 6.07 Å². The fourth-order valence-electron chi connectivity index (χ4n) is 4.51. The van der Waals surface area contributed by atoms with Crippen molar-refractivity contribution in [2.75, 3.05) is 5.32 Å². The first kappa shape index (κ1) is 17.0. The number of carbonyl (C=O) groups excluding carboxylic acids is 1. The summed E-state index contributed by atoms with van der Waals surface area (Å²) in [7, 11) is 0. The lowest BCUT2D eigenvalue weighted by molar-refractivity contribution is 0.100. The average molecular weight is 353 g/mol. The Hall–Kier alpha value is -2.40. The van der Waals surface area contributed by atoms with Crippen LogP contribution in [-0.4, -0.2) is 28.9 Å². The third-order valence-electron chi connectivity index (χ3n) is 5.70. The number of rotatable bonds is 5. The van der Waals surface area contributed by atoms with Gasteiger partial charge in [0.15, 0.2) is 0 Å². The van der Waals surface area contributed by atoms with Crippen molar-refractivity contribution in [3.63, 3.8) is 0 Å². The Morgan fingerprint density at radius 1 is 1.12 bits per heavy atom. The van der Waals surface area contributed by atoms with Crippen LogP contribution < -0.4 is 11.1 Å². The zero-order valence-corrected chi connectivity index (χ0v) is 14.7. The van der Waals surface area contributed by atoms with E-state index in [1.165, 1.54) is 30.5 Å². The molecule has 2 aliphatic heterocycles. The van der Waals surface area contributed by atoms with Gasteiger partial charge in [0.2, 0.25) is 0 Å². The van der Waals surface area contributed by atoms with Crippen molar-refractivity contribution in [3.8, 4) is 0 Å². The van der Waals surface area contributed by atoms with E-state index in [0.29, 0.717) is 17.8 Å². The number of hydrogen-bond acceptors (Lipinski definition) is 3. The summed E-state index contributed by atoms with van der Waals surface area (Å²) in [5.74, 6) is -1.04. The quantitative estimate of drug-likeness (QED) is 0.864. The van der Waals surface area contributed by atoms with Gasteiger partial charge in [-0.1, -0.05) is 30.3 Å². The molecular formula is C21H24FN3O. The van der Waals surface area contributed by atoms with Crippen molar-refractivity contribution < 1.29 is 9.18 Å². The Bertz CT molecular complexity index is 781. The van der Waals surface area contributed by atoms with Gasteiger partial charge in [-0.05, 0) is 49.4 Å². The molecule has 2 aliphatic rings. The lowest BCUT2D eigenvalue weighted by Crippen LogP contribution is -2.46. The van der Waals surface area contributed by atoms with Crippen LogP contribution in [0.3, 0.4) is 0 Å². The van der Waals surface area contributed by atoms with E-state index in [2.05, 4.69) is 34.5 Å². The Balaban J connectivity index is 1.45. The number of primary amides is 1. The van der Waals surface area contributed by atoms with Crippen LogP contribution in [0.25, 0.3) is 0 Å². The summed E-state index contributed by atoms with van der Waals surface area (Å²) in [4.78, 5) is 14.2. The Morgan fingerprint density at radius 3 is 2.46 bits per heavy atom. The number of fused-ring (bicyclic) bond motifs is 2. The number of benzene rings is 2. The summed E-state index contributed by atoms with van der Waals surface area (Å²) in [6.45, 7) is 0.992. The molecule has 136 valence electrons. The Morgan fingerprint density at radius 2 is 1.81 bits per heavy atom. The number of halogens is 1. The third-order valence-corrected chi connectivity index (χ3v) is 5.70. The highest BCUT2D eigenvalue weighted by atomic mass is 19.1. The van der Waals surface area contributed by atoms with Crippen LogP contribution in [0.4, 0.5) is 10.1 Å². The van der Waals surface area contributed by atoms with Crippen LogP contribution in [0.5, 0.6) is 0 Å². The van der Waals surface area contributed by atoms with Gasteiger partial charge >= 0.3 is 0 Å². The minimum Gasteiger partial charge on any atom is -0.382 e. The molecule has 5 heteroatoms. The maximum Gasteiger partial charge on any atom is 0.250 e. The van der Waals surface area contributed by atoms with Crippen molar-refractivity contribution in [3.05, 3.63) is 65.5 Å². The molecule has 2 atom stereocenters. The number of hydrogen-bond donors (Lipinski definition) is 2. The van der Waals surface area contributed by atoms with Crippen molar-refractivity contribution in [1.82, 2.24) is 4.90 Å². The van der Waals surface area contributed by atoms with Crippen LogP contribution in [0.15, 0.2) is 48.5 Å². The largest absolute Gasteiger partial charge is 0.382 e. The maximum atomic E-state index is 13.4. The van der Waals surface area contributed by atoms with Crippen LogP contribution in [0.1, 0.15) is 41.6 Å². The molecule has 2 aromatic rings. The SMILES string of the molecule is NC(=O)c1cc(F)ccc1NC1CC2CCC(C1)N2Cc1ccccc1. The second-order valence-corrected chi connectivity index (χ2v) is 7.41. The third kappa shape index (κ3) is 3.44. The maximum absolute atomic E-state index is 13.4. The standard InChI is InChI=1S/C21H24FN3O/c22-15-6-9-20(19(10-15)21(23)26)24-16-11-17-7-8-18(12-16)25(17)13-14-4-2-1-3-5-14/h1-6,9-10,16-18,24H,7-8,11-13H2,(H2,23,26). The normalized spacial score (nSPS) is 25.2. The number of nitrogens with two attached hydrogens (primary N) is 1. The van der Waals surface area contributed by atoms with Gasteiger partial charge in [0, 0.05) is 30.4 Å². The monoisotopic (exact) mass is 353 g/mol. The Labute approximate surface area is 153 Å². The van der Waals surface area contributed by atoms with E-state index in [-0.39, 0.29) is 11.6 Å². The van der Waals surface area contributed by atoms with Gasteiger partial charge in [0.05, 0.1) is 5.56 Å². The van der Waals surface area contributed by atoms with Crippen LogP contribution in [0, 0.1) is 5.82 Å². The molecule has 2 heterocycles. The van der Waals surface area contributed by atoms with Gasteiger partial charge in [0.1, 0.15) is 5.82 Å². The summed E-state index contributed by atoms with van der Waals surface area (Å²) < 4.78 is 13.4. The number of anilines is 1. The molecule has 0 spiro atoms. The Kier molecular flexibility index (Phi) is 4.64. The molecule has 2 unspecified atom stereocenters. The van der Waals surface area contributed by atoms with Gasteiger partial charge in [-0.2, -0.15) is 0 Å². The summed E-state index contributed by atoms with van der Waals surface area (Å²) in [6, 6.07) is 16.2. The number of nitrogens with one attached hydrogen (secondary N) is 1. The van der Waals surface area contributed by atoms with Gasteiger partial charge in [-0.15, -0.1) is 0 Å². The van der Waals surface area contributed by atoms with Crippen molar-refractivity contribution in [1.29, 1.82) is 0 Å². The molecule has 4 rings (SSSR count). The zero-order valence-electron chi connectivity index (χ0n) is 14.7. The fourth-order valence-corrected chi connectivity index (χ4v) is 4.51. The predicted molar refractivity (Wildman–Crippen MR) is 100 cm³/mol. The predicted octanol–water partition coefficient (Wildman–Crippen LogP) is 3.53. The second-order valence-electron chi connectivity index (χ2n) is 7.41. The number of nitrogens with zero attached hydrogens (tertiary/aromatic N) is 1. The number of piperidine rings is 1. The second kappa shape index (κ2) is 7.08. The first-order valence-electron chi connectivity index (χ1n) is 9.25. The van der Waals surface area contributed by atoms with Crippen LogP contribution >= 0.6 is 0 Å². The van der Waals surface area contributed by atoms with Gasteiger partial charge in [-0.3, -0.25) is 9.69 Å². The van der Waals surface area contributed by atoms with E-state index in [4.69, 9.17) is 5.73 Å². The molecule has 4 nitrogen and oxygen atoms in total. The van der Waals surface area contributed by atoms with E-state index < -0.39 is 11.7 Å². The molecule has 0 saturated carbocycles. The smallest absolute Gasteiger partial charge is 0.250 e. The van der Waals surface area contributed by atoms with Crippen LogP contribution in [0.2, 0.25) is 0 Å². The molecule has 2 bridgehead atoms. The van der Waals surface area contributed by atoms with Crippen molar-refractivity contribution in [2.24, 2.45) is 5.73 Å². The number of amides is 1.